The van der Waals surface area contributed by atoms with Crippen molar-refractivity contribution in [1.82, 2.24) is 4.98 Å². The van der Waals surface area contributed by atoms with Crippen molar-refractivity contribution >= 4 is 38.1 Å². The molecule has 0 aliphatic rings. The minimum absolute atomic E-state index is 0.911. The fraction of sp³-hybridized carbons (Fsp3) is 0.0625. The lowest BCUT2D eigenvalue weighted by molar-refractivity contribution is 1.37. The number of halogens is 1. The van der Waals surface area contributed by atoms with E-state index < -0.39 is 0 Å². The van der Waals surface area contributed by atoms with E-state index in [4.69, 9.17) is 0 Å². The monoisotopic (exact) mass is 344 g/mol. The third-order valence-corrected chi connectivity index (χ3v) is 4.20. The van der Waals surface area contributed by atoms with Gasteiger partial charge in [-0.05, 0) is 36.8 Å². The predicted octanol–water partition coefficient (Wildman–Crippen LogP) is 5.62. The van der Waals surface area contributed by atoms with Crippen molar-refractivity contribution in [1.29, 1.82) is 0 Å². The van der Waals surface area contributed by atoms with Gasteiger partial charge in [0.05, 0.1) is 5.69 Å². The molecule has 0 aliphatic heterocycles. The lowest BCUT2D eigenvalue weighted by Gasteiger charge is -2.03. The highest BCUT2D eigenvalue weighted by Gasteiger charge is 2.04. The second-order valence-corrected chi connectivity index (χ2v) is 6.31. The van der Waals surface area contributed by atoms with E-state index in [-0.39, 0.29) is 0 Å². The average molecular weight is 345 g/mol. The van der Waals surface area contributed by atoms with Gasteiger partial charge < -0.3 is 5.32 Å². The number of aryl methyl sites for hydroxylation is 1. The van der Waals surface area contributed by atoms with E-state index in [9.17, 15) is 0 Å². The molecule has 0 saturated carbocycles. The van der Waals surface area contributed by atoms with Crippen LogP contribution in [-0.4, -0.2) is 4.98 Å². The maximum absolute atomic E-state index is 4.63. The van der Waals surface area contributed by atoms with Crippen LogP contribution in [-0.2, 0) is 0 Å². The highest BCUT2D eigenvalue weighted by molar-refractivity contribution is 9.10. The Balaban J connectivity index is 1.82. The lowest BCUT2D eigenvalue weighted by Crippen LogP contribution is -1.89. The van der Waals surface area contributed by atoms with Crippen LogP contribution in [0.1, 0.15) is 5.56 Å². The molecule has 0 unspecified atom stereocenters. The normalized spacial score (nSPS) is 10.5. The number of rotatable bonds is 3. The van der Waals surface area contributed by atoms with Crippen LogP contribution in [0, 0.1) is 6.92 Å². The first-order valence-electron chi connectivity index (χ1n) is 6.26. The van der Waals surface area contributed by atoms with Gasteiger partial charge in [-0.2, -0.15) is 0 Å². The van der Waals surface area contributed by atoms with Crippen LogP contribution in [0.3, 0.4) is 0 Å². The number of benzene rings is 2. The summed E-state index contributed by atoms with van der Waals surface area (Å²) in [7, 11) is 0. The van der Waals surface area contributed by atoms with E-state index in [1.165, 1.54) is 5.56 Å². The number of hydrogen-bond donors (Lipinski definition) is 1. The van der Waals surface area contributed by atoms with Gasteiger partial charge in [0.15, 0.2) is 5.13 Å². The van der Waals surface area contributed by atoms with Gasteiger partial charge in [-0.25, -0.2) is 4.98 Å². The highest BCUT2D eigenvalue weighted by atomic mass is 79.9. The maximum Gasteiger partial charge on any atom is 0.187 e. The van der Waals surface area contributed by atoms with Crippen molar-refractivity contribution in [3.05, 3.63) is 63.9 Å². The zero-order valence-corrected chi connectivity index (χ0v) is 13.3. The van der Waals surface area contributed by atoms with Crippen LogP contribution in [0.4, 0.5) is 10.8 Å². The molecule has 0 atom stereocenters. The molecule has 0 saturated heterocycles. The van der Waals surface area contributed by atoms with Gasteiger partial charge in [0, 0.05) is 21.1 Å². The summed E-state index contributed by atoms with van der Waals surface area (Å²) in [5.41, 5.74) is 4.43. The van der Waals surface area contributed by atoms with E-state index in [2.05, 4.69) is 62.8 Å². The molecule has 2 nitrogen and oxygen atoms in total. The molecule has 100 valence electrons. The third kappa shape index (κ3) is 3.08. The van der Waals surface area contributed by atoms with Gasteiger partial charge in [0.25, 0.3) is 0 Å². The van der Waals surface area contributed by atoms with Crippen LogP contribution < -0.4 is 5.32 Å². The van der Waals surface area contributed by atoms with Crippen molar-refractivity contribution in [3.63, 3.8) is 0 Å². The van der Waals surface area contributed by atoms with Crippen LogP contribution >= 0.6 is 27.3 Å². The van der Waals surface area contributed by atoms with Gasteiger partial charge in [0.1, 0.15) is 0 Å². The molecule has 1 heterocycles. The van der Waals surface area contributed by atoms with Crippen molar-refractivity contribution in [2.24, 2.45) is 0 Å². The van der Waals surface area contributed by atoms with Crippen molar-refractivity contribution in [3.8, 4) is 11.3 Å². The summed E-state index contributed by atoms with van der Waals surface area (Å²) in [5.74, 6) is 0. The Morgan fingerprint density at radius 1 is 1.10 bits per heavy atom. The van der Waals surface area contributed by atoms with Gasteiger partial charge in [0.2, 0.25) is 0 Å². The smallest absolute Gasteiger partial charge is 0.187 e. The molecule has 3 rings (SSSR count). The Morgan fingerprint density at radius 2 is 1.90 bits per heavy atom. The first-order valence-corrected chi connectivity index (χ1v) is 7.93. The van der Waals surface area contributed by atoms with E-state index in [1.54, 1.807) is 11.3 Å². The maximum atomic E-state index is 4.63. The molecule has 0 spiro atoms. The Morgan fingerprint density at radius 3 is 2.65 bits per heavy atom. The minimum Gasteiger partial charge on any atom is -0.332 e. The van der Waals surface area contributed by atoms with E-state index >= 15 is 0 Å². The summed E-state index contributed by atoms with van der Waals surface area (Å²) in [6.45, 7) is 2.08. The molecule has 1 N–H and O–H groups in total. The molecule has 0 aliphatic carbocycles. The zero-order chi connectivity index (χ0) is 13.9. The molecule has 20 heavy (non-hydrogen) atoms. The summed E-state index contributed by atoms with van der Waals surface area (Å²) in [4.78, 5) is 4.63. The fourth-order valence-corrected chi connectivity index (χ4v) is 2.93. The molecule has 0 fully saturated rings. The second-order valence-electron chi connectivity index (χ2n) is 4.54. The number of anilines is 2. The van der Waals surface area contributed by atoms with E-state index in [1.807, 2.05) is 24.3 Å². The van der Waals surface area contributed by atoms with Crippen LogP contribution in [0.2, 0.25) is 0 Å². The number of thiazole rings is 1. The molecular weight excluding hydrogens is 332 g/mol. The molecule has 0 radical (unpaired) electrons. The number of nitrogens with zero attached hydrogens (tertiary/aromatic N) is 1. The Kier molecular flexibility index (Phi) is 3.85. The van der Waals surface area contributed by atoms with Crippen molar-refractivity contribution in [2.45, 2.75) is 6.92 Å². The van der Waals surface area contributed by atoms with Crippen LogP contribution in [0.15, 0.2) is 58.4 Å². The fourth-order valence-electron chi connectivity index (χ4n) is 1.93. The largest absolute Gasteiger partial charge is 0.332 e. The van der Waals surface area contributed by atoms with Gasteiger partial charge in [-0.15, -0.1) is 11.3 Å². The van der Waals surface area contributed by atoms with Gasteiger partial charge in [-0.1, -0.05) is 40.2 Å². The Bertz CT molecular complexity index is 719. The van der Waals surface area contributed by atoms with E-state index in [0.29, 0.717) is 0 Å². The molecule has 2 aromatic carbocycles. The standard InChI is InChI=1S/C16H13BrN2S/c1-11-3-2-4-14(9-11)18-16-19-15(10-20-16)12-5-7-13(17)8-6-12/h2-10H,1H3,(H,18,19). The topological polar surface area (TPSA) is 24.9 Å². The Labute approximate surface area is 130 Å². The summed E-state index contributed by atoms with van der Waals surface area (Å²) >= 11 is 5.06. The van der Waals surface area contributed by atoms with Crippen LogP contribution in [0.5, 0.6) is 0 Å². The highest BCUT2D eigenvalue weighted by Crippen LogP contribution is 2.28. The molecule has 4 heteroatoms. The third-order valence-electron chi connectivity index (χ3n) is 2.91. The summed E-state index contributed by atoms with van der Waals surface area (Å²) < 4.78 is 1.08. The number of hydrogen-bond acceptors (Lipinski definition) is 3. The average Bonchev–Trinajstić information content (AvgIpc) is 2.88. The number of nitrogens with one attached hydrogen (secondary N) is 1. The second kappa shape index (κ2) is 5.77. The van der Waals surface area contributed by atoms with Gasteiger partial charge in [-0.3, -0.25) is 0 Å². The lowest BCUT2D eigenvalue weighted by atomic mass is 10.2. The summed E-state index contributed by atoms with van der Waals surface area (Å²) in [5, 5.41) is 6.33. The molecule has 3 aromatic rings. The Hall–Kier alpha value is -1.65. The van der Waals surface area contributed by atoms with Crippen molar-refractivity contribution < 1.29 is 0 Å². The quantitative estimate of drug-likeness (QED) is 0.666. The zero-order valence-electron chi connectivity index (χ0n) is 10.9. The first-order chi connectivity index (χ1) is 9.70. The van der Waals surface area contributed by atoms with Crippen molar-refractivity contribution in [2.75, 3.05) is 5.32 Å². The minimum atomic E-state index is 0.911. The molecule has 0 amide bonds. The summed E-state index contributed by atoms with van der Waals surface area (Å²) in [6, 6.07) is 16.5. The predicted molar refractivity (Wildman–Crippen MR) is 89.7 cm³/mol. The number of aromatic nitrogens is 1. The molecule has 0 bridgehead atoms. The summed E-state index contributed by atoms with van der Waals surface area (Å²) in [6.07, 6.45) is 0. The van der Waals surface area contributed by atoms with E-state index in [0.717, 1.165) is 26.5 Å². The SMILES string of the molecule is Cc1cccc(Nc2nc(-c3ccc(Br)cc3)cs2)c1. The van der Waals surface area contributed by atoms with Gasteiger partial charge >= 0.3 is 0 Å². The van der Waals surface area contributed by atoms with Crippen LogP contribution in [0.25, 0.3) is 11.3 Å². The molecular formula is C16H13BrN2S. The first kappa shape index (κ1) is 13.3. The molecule has 1 aromatic heterocycles.